The molecule has 0 spiro atoms. The molecule has 2 aromatic heterocycles. The van der Waals surface area contributed by atoms with Crippen molar-refractivity contribution in [2.45, 2.75) is 26.3 Å². The number of imidazole rings is 1. The third kappa shape index (κ3) is 3.87. The van der Waals surface area contributed by atoms with E-state index < -0.39 is 5.97 Å². The van der Waals surface area contributed by atoms with Crippen molar-refractivity contribution in [3.8, 4) is 22.5 Å². The van der Waals surface area contributed by atoms with Crippen molar-refractivity contribution in [1.29, 1.82) is 0 Å². The Kier molecular flexibility index (Phi) is 5.40. The average Bonchev–Trinajstić information content (AvgIpc) is 3.48. The van der Waals surface area contributed by atoms with Crippen LogP contribution < -0.4 is 0 Å². The molecule has 0 fully saturated rings. The minimum atomic E-state index is -0.961. The zero-order valence-electron chi connectivity index (χ0n) is 18.1. The molecule has 2 N–H and O–H groups in total. The summed E-state index contributed by atoms with van der Waals surface area (Å²) in [6.07, 6.45) is 1.67. The zero-order chi connectivity index (χ0) is 22.8. The molecule has 0 aliphatic carbocycles. The van der Waals surface area contributed by atoms with Gasteiger partial charge in [-0.05, 0) is 51.7 Å². The summed E-state index contributed by atoms with van der Waals surface area (Å²) in [7, 11) is 0. The van der Waals surface area contributed by atoms with E-state index in [0.717, 1.165) is 40.9 Å². The molecule has 164 valence electrons. The molecule has 0 aliphatic rings. The summed E-state index contributed by atoms with van der Waals surface area (Å²) in [5, 5.41) is 24.3. The molecule has 5 rings (SSSR count). The Morgan fingerprint density at radius 2 is 1.88 bits per heavy atom. The van der Waals surface area contributed by atoms with Gasteiger partial charge in [-0.15, -0.1) is 5.10 Å². The Labute approximate surface area is 189 Å². The number of aromatic nitrogens is 6. The third-order valence-corrected chi connectivity index (χ3v) is 5.66. The molecule has 0 saturated heterocycles. The lowest BCUT2D eigenvalue weighted by Crippen LogP contribution is -2.08. The largest absolute Gasteiger partial charge is 0.478 e. The number of hydrogen-bond donors (Lipinski definition) is 2. The predicted octanol–water partition coefficient (Wildman–Crippen LogP) is 4.58. The number of nitrogens with one attached hydrogen (secondary N) is 1. The Morgan fingerprint density at radius 3 is 2.61 bits per heavy atom. The molecule has 0 atom stereocenters. The van der Waals surface area contributed by atoms with Crippen LogP contribution in [0.3, 0.4) is 0 Å². The van der Waals surface area contributed by atoms with E-state index in [1.165, 1.54) is 0 Å². The van der Waals surface area contributed by atoms with Crippen molar-refractivity contribution in [2.24, 2.45) is 0 Å². The first-order valence-corrected chi connectivity index (χ1v) is 10.8. The number of nitrogens with zero attached hydrogens (tertiary/aromatic N) is 5. The van der Waals surface area contributed by atoms with Crippen LogP contribution in [0.15, 0.2) is 66.7 Å². The smallest absolute Gasteiger partial charge is 0.337 e. The molecule has 0 amide bonds. The standard InChI is InChI=1S/C25H22N6O2/c1-2-7-22-26-21-11-6-10-19(25(32)33)23(21)31(22)15-16-12-13-18(17-8-4-3-5-9-17)20(14-16)24-27-29-30-28-24/h3-6,8-14H,2,7,15H2,1H3,(H,32,33)(H,27,28,29,30). The first-order chi connectivity index (χ1) is 16.2. The van der Waals surface area contributed by atoms with Gasteiger partial charge in [0.25, 0.3) is 0 Å². The summed E-state index contributed by atoms with van der Waals surface area (Å²) in [4.78, 5) is 16.7. The predicted molar refractivity (Wildman–Crippen MR) is 125 cm³/mol. The fraction of sp³-hybridized carbons (Fsp3) is 0.160. The lowest BCUT2D eigenvalue weighted by atomic mass is 9.97. The van der Waals surface area contributed by atoms with Crippen LogP contribution in [0.4, 0.5) is 0 Å². The second-order valence-corrected chi connectivity index (χ2v) is 7.84. The number of aromatic carboxylic acids is 1. The highest BCUT2D eigenvalue weighted by Crippen LogP contribution is 2.32. The summed E-state index contributed by atoms with van der Waals surface area (Å²) >= 11 is 0. The lowest BCUT2D eigenvalue weighted by molar-refractivity contribution is 0.0698. The van der Waals surface area contributed by atoms with E-state index in [1.54, 1.807) is 12.1 Å². The number of hydrogen-bond acceptors (Lipinski definition) is 5. The van der Waals surface area contributed by atoms with Crippen molar-refractivity contribution in [3.63, 3.8) is 0 Å². The number of aryl methyl sites for hydroxylation is 1. The average molecular weight is 438 g/mol. The van der Waals surface area contributed by atoms with Crippen molar-refractivity contribution in [3.05, 3.63) is 83.7 Å². The summed E-state index contributed by atoms with van der Waals surface area (Å²) in [6.45, 7) is 2.57. The maximum Gasteiger partial charge on any atom is 0.337 e. The Hall–Kier alpha value is -4.33. The van der Waals surface area contributed by atoms with Gasteiger partial charge in [0.2, 0.25) is 0 Å². The zero-order valence-corrected chi connectivity index (χ0v) is 18.1. The second kappa shape index (κ2) is 8.66. The molecule has 0 unspecified atom stereocenters. The molecule has 0 radical (unpaired) electrons. The molecule has 33 heavy (non-hydrogen) atoms. The van der Waals surface area contributed by atoms with Gasteiger partial charge in [-0.25, -0.2) is 14.9 Å². The highest BCUT2D eigenvalue weighted by Gasteiger charge is 2.19. The molecule has 8 heteroatoms. The fourth-order valence-corrected chi connectivity index (χ4v) is 4.20. The number of para-hydroxylation sites is 1. The monoisotopic (exact) mass is 438 g/mol. The number of H-pyrrole nitrogens is 1. The number of aromatic amines is 1. The van der Waals surface area contributed by atoms with Crippen LogP contribution in [0.2, 0.25) is 0 Å². The second-order valence-electron chi connectivity index (χ2n) is 7.84. The third-order valence-electron chi connectivity index (χ3n) is 5.66. The summed E-state index contributed by atoms with van der Waals surface area (Å²) in [5.41, 5.74) is 5.53. The Bertz CT molecular complexity index is 1420. The van der Waals surface area contributed by atoms with Crippen molar-refractivity contribution in [2.75, 3.05) is 0 Å². The number of carboxylic acid groups (broad SMARTS) is 1. The van der Waals surface area contributed by atoms with Crippen LogP contribution in [0, 0.1) is 0 Å². The number of benzene rings is 3. The molecule has 8 nitrogen and oxygen atoms in total. The van der Waals surface area contributed by atoms with Gasteiger partial charge >= 0.3 is 5.97 Å². The van der Waals surface area contributed by atoms with Crippen LogP contribution >= 0.6 is 0 Å². The van der Waals surface area contributed by atoms with E-state index in [9.17, 15) is 9.90 Å². The number of carboxylic acids is 1. The van der Waals surface area contributed by atoms with E-state index in [4.69, 9.17) is 4.98 Å². The quantitative estimate of drug-likeness (QED) is 0.385. The number of carbonyl (C=O) groups is 1. The Balaban J connectivity index is 1.65. The number of tetrazole rings is 1. The highest BCUT2D eigenvalue weighted by molar-refractivity contribution is 6.01. The van der Waals surface area contributed by atoms with Gasteiger partial charge in [0.15, 0.2) is 5.82 Å². The normalized spacial score (nSPS) is 11.2. The molecule has 5 aromatic rings. The van der Waals surface area contributed by atoms with Crippen molar-refractivity contribution in [1.82, 2.24) is 30.2 Å². The minimum absolute atomic E-state index is 0.253. The first-order valence-electron chi connectivity index (χ1n) is 10.8. The highest BCUT2D eigenvalue weighted by atomic mass is 16.4. The van der Waals surface area contributed by atoms with E-state index >= 15 is 0 Å². The van der Waals surface area contributed by atoms with Crippen LogP contribution in [0.1, 0.15) is 35.1 Å². The maximum absolute atomic E-state index is 11.9. The van der Waals surface area contributed by atoms with Gasteiger partial charge in [0.05, 0.1) is 16.6 Å². The van der Waals surface area contributed by atoms with Gasteiger partial charge in [-0.3, -0.25) is 0 Å². The van der Waals surface area contributed by atoms with Crippen LogP contribution in [0.25, 0.3) is 33.5 Å². The summed E-state index contributed by atoms with van der Waals surface area (Å²) < 4.78 is 2.02. The number of rotatable bonds is 7. The van der Waals surface area contributed by atoms with Crippen LogP contribution in [0.5, 0.6) is 0 Å². The lowest BCUT2D eigenvalue weighted by Gasteiger charge is -2.14. The fourth-order valence-electron chi connectivity index (χ4n) is 4.20. The molecule has 0 bridgehead atoms. The van der Waals surface area contributed by atoms with Crippen LogP contribution in [-0.4, -0.2) is 41.3 Å². The van der Waals surface area contributed by atoms with Crippen molar-refractivity contribution >= 4 is 17.0 Å². The van der Waals surface area contributed by atoms with Gasteiger partial charge < -0.3 is 9.67 Å². The summed E-state index contributed by atoms with van der Waals surface area (Å²) in [5.74, 6) is 0.486. The molecule has 0 aliphatic heterocycles. The summed E-state index contributed by atoms with van der Waals surface area (Å²) in [6, 6.07) is 21.4. The topological polar surface area (TPSA) is 110 Å². The van der Waals surface area contributed by atoms with Gasteiger partial charge in [-0.2, -0.15) is 0 Å². The molecular weight excluding hydrogens is 416 g/mol. The van der Waals surface area contributed by atoms with Crippen LogP contribution in [-0.2, 0) is 13.0 Å². The minimum Gasteiger partial charge on any atom is -0.478 e. The molecular formula is C25H22N6O2. The number of fused-ring (bicyclic) bond motifs is 1. The first kappa shape index (κ1) is 20.6. The Morgan fingerprint density at radius 1 is 1.03 bits per heavy atom. The van der Waals surface area contributed by atoms with Gasteiger partial charge in [-0.1, -0.05) is 55.5 Å². The van der Waals surface area contributed by atoms with E-state index in [0.29, 0.717) is 23.4 Å². The van der Waals surface area contributed by atoms with E-state index in [-0.39, 0.29) is 5.56 Å². The van der Waals surface area contributed by atoms with Gasteiger partial charge in [0.1, 0.15) is 5.82 Å². The van der Waals surface area contributed by atoms with E-state index in [2.05, 4.69) is 45.7 Å². The van der Waals surface area contributed by atoms with Crippen molar-refractivity contribution < 1.29 is 9.90 Å². The molecule has 3 aromatic carbocycles. The van der Waals surface area contributed by atoms with E-state index in [1.807, 2.05) is 41.0 Å². The SMILES string of the molecule is CCCc1nc2cccc(C(=O)O)c2n1Cc1ccc(-c2ccccc2)c(-c2nnn[nH]2)c1. The maximum atomic E-state index is 11.9. The molecule has 2 heterocycles. The molecule has 0 saturated carbocycles. The van der Waals surface area contributed by atoms with Gasteiger partial charge in [0, 0.05) is 18.5 Å².